The number of anilines is 1. The first-order valence-corrected chi connectivity index (χ1v) is 6.10. The predicted octanol–water partition coefficient (Wildman–Crippen LogP) is 3.27. The molecule has 1 aromatic rings. The Bertz CT molecular complexity index is 369. The van der Waals surface area contributed by atoms with Gasteiger partial charge in [-0.25, -0.2) is 0 Å². The highest BCUT2D eigenvalue weighted by molar-refractivity contribution is 5.94. The summed E-state index contributed by atoms with van der Waals surface area (Å²) in [6.07, 6.45) is 3.78. The maximum Gasteiger partial charge on any atom is 0.159 e. The molecular weight excluding hydrogens is 198 g/mol. The van der Waals surface area contributed by atoms with Crippen LogP contribution >= 0.6 is 0 Å². The zero-order valence-corrected chi connectivity index (χ0v) is 10.1. The Morgan fingerprint density at radius 2 is 2.06 bits per heavy atom. The van der Waals surface area contributed by atoms with Crippen molar-refractivity contribution in [2.75, 3.05) is 11.4 Å². The molecule has 1 unspecified atom stereocenters. The van der Waals surface area contributed by atoms with Crippen LogP contribution in [0.1, 0.15) is 43.5 Å². The third kappa shape index (κ3) is 2.11. The molecular formula is C14H19NO. The second kappa shape index (κ2) is 4.69. The van der Waals surface area contributed by atoms with Crippen molar-refractivity contribution in [2.45, 2.75) is 39.2 Å². The highest BCUT2D eigenvalue weighted by atomic mass is 16.1. The van der Waals surface area contributed by atoms with Gasteiger partial charge in [0, 0.05) is 23.8 Å². The Kier molecular flexibility index (Phi) is 3.28. The van der Waals surface area contributed by atoms with E-state index in [4.69, 9.17) is 0 Å². The number of rotatable bonds is 3. The van der Waals surface area contributed by atoms with Crippen LogP contribution in [0.4, 0.5) is 5.69 Å². The number of carbonyl (C=O) groups excluding carboxylic acids is 1. The van der Waals surface area contributed by atoms with Crippen molar-refractivity contribution in [3.05, 3.63) is 29.8 Å². The van der Waals surface area contributed by atoms with Crippen LogP contribution in [0.15, 0.2) is 24.3 Å². The lowest BCUT2D eigenvalue weighted by molar-refractivity contribution is 0.101. The van der Waals surface area contributed by atoms with Gasteiger partial charge in [0.2, 0.25) is 0 Å². The van der Waals surface area contributed by atoms with Crippen LogP contribution in [0.2, 0.25) is 0 Å². The third-order valence-corrected chi connectivity index (χ3v) is 3.45. The van der Waals surface area contributed by atoms with Gasteiger partial charge >= 0.3 is 0 Å². The summed E-state index contributed by atoms with van der Waals surface area (Å²) in [4.78, 5) is 13.6. The molecule has 0 bridgehead atoms. The van der Waals surface area contributed by atoms with E-state index in [0.717, 1.165) is 12.1 Å². The molecule has 0 spiro atoms. The van der Waals surface area contributed by atoms with Crippen molar-refractivity contribution in [1.29, 1.82) is 0 Å². The molecule has 2 heteroatoms. The van der Waals surface area contributed by atoms with Crippen LogP contribution < -0.4 is 4.90 Å². The van der Waals surface area contributed by atoms with Crippen LogP contribution in [0.3, 0.4) is 0 Å². The van der Waals surface area contributed by atoms with Gasteiger partial charge in [-0.15, -0.1) is 0 Å². The Labute approximate surface area is 97.3 Å². The topological polar surface area (TPSA) is 20.3 Å². The second-order valence-electron chi connectivity index (χ2n) is 4.50. The molecule has 1 aliphatic rings. The summed E-state index contributed by atoms with van der Waals surface area (Å²) < 4.78 is 0. The summed E-state index contributed by atoms with van der Waals surface area (Å²) >= 11 is 0. The number of carbonyl (C=O) groups is 1. The van der Waals surface area contributed by atoms with Crippen LogP contribution in [0.25, 0.3) is 0 Å². The summed E-state index contributed by atoms with van der Waals surface area (Å²) in [7, 11) is 0. The van der Waals surface area contributed by atoms with E-state index < -0.39 is 0 Å². The Balaban J connectivity index is 2.18. The molecule has 1 fully saturated rings. The zero-order valence-electron chi connectivity index (χ0n) is 10.1. The lowest BCUT2D eigenvalue weighted by Gasteiger charge is -2.25. The van der Waals surface area contributed by atoms with E-state index in [1.54, 1.807) is 6.92 Å². The van der Waals surface area contributed by atoms with E-state index >= 15 is 0 Å². The molecule has 0 N–H and O–H groups in total. The molecule has 1 atom stereocenters. The monoisotopic (exact) mass is 217 g/mol. The zero-order chi connectivity index (χ0) is 11.5. The minimum absolute atomic E-state index is 0.139. The van der Waals surface area contributed by atoms with E-state index in [-0.39, 0.29) is 5.78 Å². The SMILES string of the molecule is CCC1CCCN1c1ccc(C(C)=O)cc1. The average Bonchev–Trinajstić information content (AvgIpc) is 2.77. The van der Waals surface area contributed by atoms with Crippen molar-refractivity contribution < 1.29 is 4.79 Å². The summed E-state index contributed by atoms with van der Waals surface area (Å²) in [5, 5.41) is 0. The quantitative estimate of drug-likeness (QED) is 0.724. The molecule has 1 aromatic carbocycles. The molecule has 0 radical (unpaired) electrons. The fourth-order valence-electron chi connectivity index (χ4n) is 2.49. The molecule has 1 aliphatic heterocycles. The standard InChI is InChI=1S/C14H19NO/c1-3-13-5-4-10-15(13)14-8-6-12(7-9-14)11(2)16/h6-9,13H,3-5,10H2,1-2H3. The third-order valence-electron chi connectivity index (χ3n) is 3.45. The smallest absolute Gasteiger partial charge is 0.159 e. The van der Waals surface area contributed by atoms with Crippen molar-refractivity contribution in [3.8, 4) is 0 Å². The molecule has 86 valence electrons. The minimum Gasteiger partial charge on any atom is -0.369 e. The first-order chi connectivity index (χ1) is 7.72. The molecule has 2 nitrogen and oxygen atoms in total. The van der Waals surface area contributed by atoms with Crippen molar-refractivity contribution in [1.82, 2.24) is 0 Å². The highest BCUT2D eigenvalue weighted by Gasteiger charge is 2.22. The van der Waals surface area contributed by atoms with Crippen molar-refractivity contribution in [3.63, 3.8) is 0 Å². The van der Waals surface area contributed by atoms with Gasteiger partial charge < -0.3 is 4.90 Å². The van der Waals surface area contributed by atoms with E-state index in [1.165, 1.54) is 24.9 Å². The molecule has 0 saturated carbocycles. The first-order valence-electron chi connectivity index (χ1n) is 6.10. The van der Waals surface area contributed by atoms with Gasteiger partial charge in [0.1, 0.15) is 0 Å². The van der Waals surface area contributed by atoms with Crippen LogP contribution in [-0.4, -0.2) is 18.4 Å². The minimum atomic E-state index is 0.139. The maximum absolute atomic E-state index is 11.2. The van der Waals surface area contributed by atoms with Crippen molar-refractivity contribution >= 4 is 11.5 Å². The summed E-state index contributed by atoms with van der Waals surface area (Å²) in [5.41, 5.74) is 2.06. The molecule has 2 rings (SSSR count). The fraction of sp³-hybridized carbons (Fsp3) is 0.500. The largest absolute Gasteiger partial charge is 0.369 e. The molecule has 1 heterocycles. The average molecular weight is 217 g/mol. The maximum atomic E-state index is 11.2. The number of benzene rings is 1. The number of nitrogens with zero attached hydrogens (tertiary/aromatic N) is 1. The molecule has 0 amide bonds. The highest BCUT2D eigenvalue weighted by Crippen LogP contribution is 2.27. The number of hydrogen-bond donors (Lipinski definition) is 0. The van der Waals surface area contributed by atoms with Gasteiger partial charge in [-0.2, -0.15) is 0 Å². The van der Waals surface area contributed by atoms with Gasteiger partial charge in [-0.3, -0.25) is 4.79 Å². The Hall–Kier alpha value is -1.31. The van der Waals surface area contributed by atoms with Crippen LogP contribution in [0, 0.1) is 0 Å². The van der Waals surface area contributed by atoms with Gasteiger partial charge in [0.15, 0.2) is 5.78 Å². The fourth-order valence-corrected chi connectivity index (χ4v) is 2.49. The lowest BCUT2D eigenvalue weighted by atomic mass is 10.1. The van der Waals surface area contributed by atoms with Crippen molar-refractivity contribution in [2.24, 2.45) is 0 Å². The molecule has 1 saturated heterocycles. The van der Waals surface area contributed by atoms with E-state index in [0.29, 0.717) is 6.04 Å². The molecule has 0 aliphatic carbocycles. The summed E-state index contributed by atoms with van der Waals surface area (Å²) in [6, 6.07) is 8.70. The number of Topliss-reactive ketones (excluding diaryl/α,β-unsaturated/α-hetero) is 1. The van der Waals surface area contributed by atoms with Gasteiger partial charge in [-0.1, -0.05) is 6.92 Å². The predicted molar refractivity (Wildman–Crippen MR) is 67.1 cm³/mol. The Morgan fingerprint density at radius 1 is 1.38 bits per heavy atom. The van der Waals surface area contributed by atoms with Gasteiger partial charge in [0.25, 0.3) is 0 Å². The first kappa shape index (κ1) is 11.2. The second-order valence-corrected chi connectivity index (χ2v) is 4.50. The molecule has 0 aromatic heterocycles. The van der Waals surface area contributed by atoms with Gasteiger partial charge in [0.05, 0.1) is 0 Å². The van der Waals surface area contributed by atoms with E-state index in [2.05, 4.69) is 24.0 Å². The normalized spacial score (nSPS) is 20.1. The number of hydrogen-bond acceptors (Lipinski definition) is 2. The van der Waals surface area contributed by atoms with Crippen LogP contribution in [-0.2, 0) is 0 Å². The Morgan fingerprint density at radius 3 is 2.62 bits per heavy atom. The van der Waals surface area contributed by atoms with E-state index in [1.807, 2.05) is 12.1 Å². The summed E-state index contributed by atoms with van der Waals surface area (Å²) in [6.45, 7) is 5.00. The van der Waals surface area contributed by atoms with E-state index in [9.17, 15) is 4.79 Å². The lowest BCUT2D eigenvalue weighted by Crippen LogP contribution is -2.28. The van der Waals surface area contributed by atoms with Crippen LogP contribution in [0.5, 0.6) is 0 Å². The number of ketones is 1. The molecule has 16 heavy (non-hydrogen) atoms. The van der Waals surface area contributed by atoms with Gasteiger partial charge in [-0.05, 0) is 50.5 Å². The summed E-state index contributed by atoms with van der Waals surface area (Å²) in [5.74, 6) is 0.139.